The van der Waals surface area contributed by atoms with Crippen LogP contribution in [0.2, 0.25) is 0 Å². The van der Waals surface area contributed by atoms with Gasteiger partial charge in [-0.05, 0) is 42.0 Å². The fourth-order valence-electron chi connectivity index (χ4n) is 2.33. The van der Waals surface area contributed by atoms with Gasteiger partial charge >= 0.3 is 0 Å². The Morgan fingerprint density at radius 3 is 2.12 bits per heavy atom. The summed E-state index contributed by atoms with van der Waals surface area (Å²) >= 11 is 0. The van der Waals surface area contributed by atoms with Gasteiger partial charge in [0.05, 0.1) is 7.11 Å². The summed E-state index contributed by atoms with van der Waals surface area (Å²) in [6.45, 7) is 1.08. The van der Waals surface area contributed by atoms with E-state index in [1.165, 1.54) is 0 Å². The number of primary amides is 2. The van der Waals surface area contributed by atoms with E-state index in [2.05, 4.69) is 0 Å². The van der Waals surface area contributed by atoms with E-state index in [-0.39, 0.29) is 12.3 Å². The fourth-order valence-corrected chi connectivity index (χ4v) is 2.33. The number of anilines is 1. The van der Waals surface area contributed by atoms with Crippen molar-refractivity contribution < 1.29 is 14.3 Å². The summed E-state index contributed by atoms with van der Waals surface area (Å²) in [5.74, 6) is -0.0423. The van der Waals surface area contributed by atoms with Crippen molar-refractivity contribution in [2.75, 3.05) is 18.6 Å². The van der Waals surface area contributed by atoms with Crippen LogP contribution in [0, 0.1) is 0 Å². The van der Waals surface area contributed by atoms with Crippen LogP contribution < -0.4 is 21.1 Å². The molecule has 0 aliphatic carbocycles. The molecule has 0 saturated heterocycles. The summed E-state index contributed by atoms with van der Waals surface area (Å²) in [5.41, 5.74) is 12.9. The van der Waals surface area contributed by atoms with Gasteiger partial charge in [0.1, 0.15) is 5.75 Å². The zero-order valence-electron chi connectivity index (χ0n) is 13.6. The molecule has 2 amide bonds. The molecule has 0 fully saturated rings. The molecule has 0 aliphatic heterocycles. The van der Waals surface area contributed by atoms with E-state index in [9.17, 15) is 9.59 Å². The SMILES string of the molecule is COc1ccc(N(CCC(N)=O)Cc2ccc(C(N)=O)cc2)cc1. The molecule has 0 saturated carbocycles. The summed E-state index contributed by atoms with van der Waals surface area (Å²) < 4.78 is 5.16. The van der Waals surface area contributed by atoms with Crippen LogP contribution in [0.4, 0.5) is 5.69 Å². The van der Waals surface area contributed by atoms with Crippen molar-refractivity contribution in [3.63, 3.8) is 0 Å². The van der Waals surface area contributed by atoms with Gasteiger partial charge in [0.25, 0.3) is 0 Å². The molecule has 0 heterocycles. The van der Waals surface area contributed by atoms with Gasteiger partial charge in [0.2, 0.25) is 11.8 Å². The largest absolute Gasteiger partial charge is 0.497 e. The molecule has 4 N–H and O–H groups in total. The Bertz CT molecular complexity index is 696. The lowest BCUT2D eigenvalue weighted by atomic mass is 10.1. The highest BCUT2D eigenvalue weighted by atomic mass is 16.5. The van der Waals surface area contributed by atoms with E-state index in [0.29, 0.717) is 18.7 Å². The van der Waals surface area contributed by atoms with Crippen LogP contribution in [-0.4, -0.2) is 25.5 Å². The van der Waals surface area contributed by atoms with E-state index < -0.39 is 5.91 Å². The monoisotopic (exact) mass is 327 g/mol. The van der Waals surface area contributed by atoms with Gasteiger partial charge in [-0.3, -0.25) is 9.59 Å². The number of nitrogens with zero attached hydrogens (tertiary/aromatic N) is 1. The smallest absolute Gasteiger partial charge is 0.248 e. The summed E-state index contributed by atoms with van der Waals surface area (Å²) in [5, 5.41) is 0. The minimum atomic E-state index is -0.456. The zero-order chi connectivity index (χ0) is 17.5. The van der Waals surface area contributed by atoms with Gasteiger partial charge < -0.3 is 21.1 Å². The number of methoxy groups -OCH3 is 1. The van der Waals surface area contributed by atoms with Crippen LogP contribution in [0.15, 0.2) is 48.5 Å². The maximum absolute atomic E-state index is 11.1. The van der Waals surface area contributed by atoms with Crippen LogP contribution in [0.25, 0.3) is 0 Å². The van der Waals surface area contributed by atoms with E-state index in [4.69, 9.17) is 16.2 Å². The molecule has 2 aromatic rings. The molecule has 126 valence electrons. The Balaban J connectivity index is 2.18. The van der Waals surface area contributed by atoms with Crippen molar-refractivity contribution in [2.24, 2.45) is 11.5 Å². The number of amides is 2. The van der Waals surface area contributed by atoms with Gasteiger partial charge in [-0.1, -0.05) is 12.1 Å². The van der Waals surface area contributed by atoms with E-state index >= 15 is 0 Å². The molecule has 0 aliphatic rings. The van der Waals surface area contributed by atoms with E-state index in [1.54, 1.807) is 19.2 Å². The molecule has 24 heavy (non-hydrogen) atoms. The molecule has 0 bridgehead atoms. The summed E-state index contributed by atoms with van der Waals surface area (Å²) in [6, 6.07) is 14.7. The topological polar surface area (TPSA) is 98.7 Å². The highest BCUT2D eigenvalue weighted by molar-refractivity contribution is 5.92. The molecule has 0 atom stereocenters. The molecular weight excluding hydrogens is 306 g/mol. The van der Waals surface area contributed by atoms with Crippen molar-refractivity contribution in [2.45, 2.75) is 13.0 Å². The van der Waals surface area contributed by atoms with Crippen LogP contribution >= 0.6 is 0 Å². The first-order valence-electron chi connectivity index (χ1n) is 7.55. The first kappa shape index (κ1) is 17.3. The van der Waals surface area contributed by atoms with Crippen molar-refractivity contribution in [1.29, 1.82) is 0 Å². The summed E-state index contributed by atoms with van der Waals surface area (Å²) in [6.07, 6.45) is 0.255. The average molecular weight is 327 g/mol. The van der Waals surface area contributed by atoms with Crippen molar-refractivity contribution in [1.82, 2.24) is 0 Å². The number of rotatable bonds is 8. The molecule has 6 nitrogen and oxygen atoms in total. The number of carbonyl (C=O) groups is 2. The molecule has 2 rings (SSSR count). The third kappa shape index (κ3) is 4.74. The normalized spacial score (nSPS) is 10.2. The second-order valence-corrected chi connectivity index (χ2v) is 5.40. The summed E-state index contributed by atoms with van der Waals surface area (Å²) in [7, 11) is 1.61. The van der Waals surface area contributed by atoms with Gasteiger partial charge in [-0.25, -0.2) is 0 Å². The lowest BCUT2D eigenvalue weighted by Gasteiger charge is -2.25. The van der Waals surface area contributed by atoms with Crippen molar-refractivity contribution >= 4 is 17.5 Å². The number of hydrogen-bond donors (Lipinski definition) is 2. The minimum absolute atomic E-state index is 0.255. The predicted molar refractivity (Wildman–Crippen MR) is 92.8 cm³/mol. The first-order valence-corrected chi connectivity index (χ1v) is 7.55. The summed E-state index contributed by atoms with van der Waals surface area (Å²) in [4.78, 5) is 24.3. The van der Waals surface area contributed by atoms with E-state index in [0.717, 1.165) is 17.0 Å². The minimum Gasteiger partial charge on any atom is -0.497 e. The van der Waals surface area contributed by atoms with Crippen LogP contribution in [0.3, 0.4) is 0 Å². The predicted octanol–water partition coefficient (Wildman–Crippen LogP) is 1.68. The third-order valence-corrected chi connectivity index (χ3v) is 3.68. The molecule has 0 radical (unpaired) electrons. The molecule has 0 unspecified atom stereocenters. The second-order valence-electron chi connectivity index (χ2n) is 5.40. The number of carbonyl (C=O) groups excluding carboxylic acids is 2. The quantitative estimate of drug-likeness (QED) is 0.770. The molecule has 6 heteroatoms. The molecule has 0 spiro atoms. The van der Waals surface area contributed by atoms with Crippen molar-refractivity contribution in [3.05, 3.63) is 59.7 Å². The fraction of sp³-hybridized carbons (Fsp3) is 0.222. The lowest BCUT2D eigenvalue weighted by molar-refractivity contribution is -0.117. The van der Waals surface area contributed by atoms with Crippen LogP contribution in [0.1, 0.15) is 22.3 Å². The Kier molecular flexibility index (Phi) is 5.78. The first-order chi connectivity index (χ1) is 11.5. The maximum Gasteiger partial charge on any atom is 0.248 e. The Morgan fingerprint density at radius 1 is 1.00 bits per heavy atom. The lowest BCUT2D eigenvalue weighted by Crippen LogP contribution is -2.27. The average Bonchev–Trinajstić information content (AvgIpc) is 2.59. The van der Waals surface area contributed by atoms with Crippen LogP contribution in [0.5, 0.6) is 5.75 Å². The van der Waals surface area contributed by atoms with Gasteiger partial charge in [-0.15, -0.1) is 0 Å². The molecular formula is C18H21N3O3. The maximum atomic E-state index is 11.1. The number of nitrogens with two attached hydrogens (primary N) is 2. The Morgan fingerprint density at radius 2 is 1.62 bits per heavy atom. The Hall–Kier alpha value is -3.02. The van der Waals surface area contributed by atoms with Gasteiger partial charge in [-0.2, -0.15) is 0 Å². The highest BCUT2D eigenvalue weighted by Gasteiger charge is 2.10. The highest BCUT2D eigenvalue weighted by Crippen LogP contribution is 2.21. The molecule has 2 aromatic carbocycles. The van der Waals surface area contributed by atoms with Gasteiger partial charge in [0.15, 0.2) is 0 Å². The second kappa shape index (κ2) is 8.01. The van der Waals surface area contributed by atoms with Gasteiger partial charge in [0, 0.05) is 30.8 Å². The number of hydrogen-bond acceptors (Lipinski definition) is 4. The van der Waals surface area contributed by atoms with E-state index in [1.807, 2.05) is 41.3 Å². The number of benzene rings is 2. The third-order valence-electron chi connectivity index (χ3n) is 3.68. The Labute approximate surface area is 141 Å². The standard InChI is InChI=1S/C18H21N3O3/c1-24-16-8-6-15(7-9-16)21(11-10-17(19)22)12-13-2-4-14(5-3-13)18(20)23/h2-9H,10-12H2,1H3,(H2,19,22)(H2,20,23). The van der Waals surface area contributed by atoms with Crippen molar-refractivity contribution in [3.8, 4) is 5.75 Å². The number of ether oxygens (including phenoxy) is 1. The zero-order valence-corrected chi connectivity index (χ0v) is 13.6. The van der Waals surface area contributed by atoms with Crippen LogP contribution in [-0.2, 0) is 11.3 Å². The molecule has 0 aromatic heterocycles.